The van der Waals surface area contributed by atoms with Gasteiger partial charge in [-0.1, -0.05) is 70.5 Å². The van der Waals surface area contributed by atoms with Gasteiger partial charge in [0.15, 0.2) is 0 Å². The van der Waals surface area contributed by atoms with Gasteiger partial charge in [-0.2, -0.15) is 0 Å². The Morgan fingerprint density at radius 2 is 1.21 bits per heavy atom. The number of esters is 1. The first-order valence-corrected chi connectivity index (χ1v) is 12.4. The van der Waals surface area contributed by atoms with Crippen molar-refractivity contribution in [2.45, 2.75) is 20.0 Å². The first kappa shape index (κ1) is 21.5. The Balaban J connectivity index is 2.18. The van der Waals surface area contributed by atoms with Crippen molar-refractivity contribution in [2.75, 3.05) is 6.16 Å². The van der Waals surface area contributed by atoms with Crippen molar-refractivity contribution in [1.29, 1.82) is 0 Å². The summed E-state index contributed by atoms with van der Waals surface area (Å²) in [7, 11) is -2.02. The van der Waals surface area contributed by atoms with Crippen molar-refractivity contribution in [3.8, 4) is 0 Å². The minimum Gasteiger partial charge on any atom is -0.460 e. The highest BCUT2D eigenvalue weighted by atomic mass is 79.9. The van der Waals surface area contributed by atoms with Crippen LogP contribution in [0.25, 0.3) is 0 Å². The molecule has 3 aromatic rings. The van der Waals surface area contributed by atoms with Crippen LogP contribution in [-0.4, -0.2) is 18.2 Å². The average molecular weight is 468 g/mol. The summed E-state index contributed by atoms with van der Waals surface area (Å²) in [6, 6.07) is 31.8. The molecule has 0 unspecified atom stereocenters. The van der Waals surface area contributed by atoms with E-state index in [1.807, 2.05) is 32.0 Å². The molecule has 0 fully saturated rings. The summed E-state index contributed by atoms with van der Waals surface area (Å²) in [5, 5.41) is 3.83. The Labute approximate surface area is 182 Å². The molecule has 0 saturated carbocycles. The molecule has 29 heavy (non-hydrogen) atoms. The van der Waals surface area contributed by atoms with Crippen molar-refractivity contribution in [2.24, 2.45) is 0 Å². The molecule has 0 N–H and O–H groups in total. The fraction of sp³-hybridized carbons (Fsp3) is 0.160. The maximum atomic E-state index is 12.2. The van der Waals surface area contributed by atoms with Gasteiger partial charge < -0.3 is 4.74 Å². The van der Waals surface area contributed by atoms with Gasteiger partial charge in [-0.3, -0.25) is 0 Å². The zero-order valence-corrected chi connectivity index (χ0v) is 19.1. The fourth-order valence-electron chi connectivity index (χ4n) is 3.43. The zero-order valence-electron chi connectivity index (χ0n) is 16.7. The van der Waals surface area contributed by atoms with E-state index in [0.29, 0.717) is 6.16 Å². The highest BCUT2D eigenvalue weighted by molar-refractivity contribution is 9.11. The standard InChI is InChI=1S/C25H25BrO2P/c1-20(2)28-25(27)18-21(26)19-29(22-12-6-3-7-13-22,23-14-8-4-9-15-23)24-16-10-5-11-17-24/h3-18,20H,19H2,1-2H3/q+1/b21-18+. The molecule has 0 aliphatic rings. The van der Waals surface area contributed by atoms with Gasteiger partial charge in [0.05, 0.1) is 6.10 Å². The van der Waals surface area contributed by atoms with Crippen LogP contribution in [0.1, 0.15) is 13.8 Å². The van der Waals surface area contributed by atoms with E-state index in [1.54, 1.807) is 6.08 Å². The Kier molecular flexibility index (Phi) is 7.41. The third kappa shape index (κ3) is 5.23. The van der Waals surface area contributed by atoms with Crippen molar-refractivity contribution in [1.82, 2.24) is 0 Å². The number of carbonyl (C=O) groups is 1. The summed E-state index contributed by atoms with van der Waals surface area (Å²) in [6.07, 6.45) is 2.14. The summed E-state index contributed by atoms with van der Waals surface area (Å²) in [5.41, 5.74) is 0. The minimum absolute atomic E-state index is 0.143. The molecule has 0 aliphatic heterocycles. The van der Waals surface area contributed by atoms with Crippen LogP contribution < -0.4 is 15.9 Å². The Hall–Kier alpha value is -2.22. The predicted octanol–water partition coefficient (Wildman–Crippen LogP) is 5.21. The topological polar surface area (TPSA) is 26.3 Å². The number of benzene rings is 3. The molecular formula is C25H25BrO2P+. The number of hydrogen-bond donors (Lipinski definition) is 0. The molecule has 0 saturated heterocycles. The fourth-order valence-corrected chi connectivity index (χ4v) is 8.78. The molecule has 0 atom stereocenters. The first-order valence-electron chi connectivity index (χ1n) is 9.64. The van der Waals surface area contributed by atoms with Crippen molar-refractivity contribution in [3.63, 3.8) is 0 Å². The van der Waals surface area contributed by atoms with Gasteiger partial charge in [0.2, 0.25) is 0 Å². The Morgan fingerprint density at radius 1 is 0.828 bits per heavy atom. The van der Waals surface area contributed by atoms with E-state index in [9.17, 15) is 4.79 Å². The number of carbonyl (C=O) groups excluding carboxylic acids is 1. The molecule has 2 nitrogen and oxygen atoms in total. The van der Waals surface area contributed by atoms with E-state index in [2.05, 4.69) is 88.7 Å². The molecule has 0 aliphatic carbocycles. The van der Waals surface area contributed by atoms with E-state index in [-0.39, 0.29) is 12.1 Å². The second-order valence-corrected chi connectivity index (χ2v) is 11.6. The first-order chi connectivity index (χ1) is 14.0. The lowest BCUT2D eigenvalue weighted by atomic mass is 10.4. The molecule has 0 aromatic heterocycles. The maximum absolute atomic E-state index is 12.2. The largest absolute Gasteiger partial charge is 0.460 e. The molecule has 0 bridgehead atoms. The van der Waals surface area contributed by atoms with Crippen LogP contribution in [0.5, 0.6) is 0 Å². The molecule has 0 heterocycles. The Bertz CT molecular complexity index is 857. The zero-order chi connectivity index (χ0) is 20.7. The van der Waals surface area contributed by atoms with Crippen LogP contribution in [0, 0.1) is 0 Å². The summed E-state index contributed by atoms with van der Waals surface area (Å²) >= 11 is 3.68. The summed E-state index contributed by atoms with van der Waals surface area (Å²) in [4.78, 5) is 12.2. The van der Waals surface area contributed by atoms with Crippen LogP contribution in [0.15, 0.2) is 102 Å². The smallest absolute Gasteiger partial charge is 0.331 e. The van der Waals surface area contributed by atoms with E-state index >= 15 is 0 Å². The maximum Gasteiger partial charge on any atom is 0.331 e. The monoisotopic (exact) mass is 467 g/mol. The van der Waals surface area contributed by atoms with Crippen LogP contribution in [-0.2, 0) is 9.53 Å². The van der Waals surface area contributed by atoms with E-state index in [4.69, 9.17) is 4.74 Å². The Morgan fingerprint density at radius 3 is 1.55 bits per heavy atom. The average Bonchev–Trinajstić information content (AvgIpc) is 2.73. The van der Waals surface area contributed by atoms with Gasteiger partial charge in [0.1, 0.15) is 29.3 Å². The lowest BCUT2D eigenvalue weighted by Gasteiger charge is -2.27. The SMILES string of the molecule is CC(C)OC(=O)/C=C(/Br)C[P+](c1ccccc1)(c1ccccc1)c1ccccc1. The highest BCUT2D eigenvalue weighted by Crippen LogP contribution is 2.57. The summed E-state index contributed by atoms with van der Waals surface area (Å²) in [6.45, 7) is 3.71. The van der Waals surface area contributed by atoms with Gasteiger partial charge in [-0.25, -0.2) is 4.79 Å². The molecular weight excluding hydrogens is 443 g/mol. The summed E-state index contributed by atoms with van der Waals surface area (Å²) < 4.78 is 6.16. The van der Waals surface area contributed by atoms with Crippen molar-refractivity contribution >= 4 is 45.1 Å². The third-order valence-corrected chi connectivity index (χ3v) is 9.90. The van der Waals surface area contributed by atoms with Gasteiger partial charge in [-0.15, -0.1) is 0 Å². The molecule has 148 valence electrons. The number of halogens is 1. The quantitative estimate of drug-likeness (QED) is 0.270. The van der Waals surface area contributed by atoms with Gasteiger partial charge in [-0.05, 0) is 50.2 Å². The van der Waals surface area contributed by atoms with Crippen LogP contribution in [0.4, 0.5) is 0 Å². The summed E-state index contributed by atoms with van der Waals surface area (Å²) in [5.74, 6) is -0.320. The van der Waals surface area contributed by atoms with Gasteiger partial charge in [0.25, 0.3) is 0 Å². The van der Waals surface area contributed by atoms with Crippen molar-refractivity contribution < 1.29 is 9.53 Å². The molecule has 4 heteroatoms. The van der Waals surface area contributed by atoms with Crippen LogP contribution in [0.3, 0.4) is 0 Å². The normalized spacial score (nSPS) is 12.1. The van der Waals surface area contributed by atoms with Crippen molar-refractivity contribution in [3.05, 3.63) is 102 Å². The van der Waals surface area contributed by atoms with E-state index < -0.39 is 7.26 Å². The van der Waals surface area contributed by atoms with Gasteiger partial charge in [0, 0.05) is 10.6 Å². The number of hydrogen-bond acceptors (Lipinski definition) is 2. The van der Waals surface area contributed by atoms with Gasteiger partial charge >= 0.3 is 5.97 Å². The third-order valence-electron chi connectivity index (χ3n) is 4.61. The lowest BCUT2D eigenvalue weighted by molar-refractivity contribution is -0.141. The number of rotatable bonds is 7. The second kappa shape index (κ2) is 10.0. The van der Waals surface area contributed by atoms with Crippen LogP contribution >= 0.6 is 23.2 Å². The number of ether oxygens (including phenoxy) is 1. The predicted molar refractivity (Wildman–Crippen MR) is 128 cm³/mol. The van der Waals surface area contributed by atoms with E-state index in [0.717, 1.165) is 4.48 Å². The number of allylic oxidation sites excluding steroid dienone is 1. The molecule has 0 spiro atoms. The lowest BCUT2D eigenvalue weighted by Crippen LogP contribution is -2.33. The molecule has 3 aromatic carbocycles. The second-order valence-electron chi connectivity index (χ2n) is 7.05. The van der Waals surface area contributed by atoms with Crippen LogP contribution in [0.2, 0.25) is 0 Å². The highest BCUT2D eigenvalue weighted by Gasteiger charge is 2.45. The minimum atomic E-state index is -2.02. The molecule has 0 radical (unpaired) electrons. The molecule has 3 rings (SSSR count). The van der Waals surface area contributed by atoms with E-state index in [1.165, 1.54) is 15.9 Å². The molecule has 0 amide bonds.